The number of hydrogen-bond acceptors (Lipinski definition) is 4. The smallest absolute Gasteiger partial charge is 0.254 e. The highest BCUT2D eigenvalue weighted by Crippen LogP contribution is 2.17. The average Bonchev–Trinajstić information content (AvgIpc) is 2.91. The van der Waals surface area contributed by atoms with Gasteiger partial charge in [0, 0.05) is 5.39 Å². The summed E-state index contributed by atoms with van der Waals surface area (Å²) in [6.45, 7) is 2.42. The first kappa shape index (κ1) is 16.5. The minimum atomic E-state index is -0.0794. The molecule has 3 rings (SSSR count). The number of para-hydroxylation sites is 1. The number of halogens is 1. The summed E-state index contributed by atoms with van der Waals surface area (Å²) in [6.07, 6.45) is 5.15. The lowest BCUT2D eigenvalue weighted by atomic mass is 10.1. The van der Waals surface area contributed by atoms with E-state index in [2.05, 4.69) is 15.4 Å². The molecule has 1 aliphatic rings. The molecule has 1 fully saturated rings. The van der Waals surface area contributed by atoms with E-state index >= 15 is 0 Å². The number of nitrogens with zero attached hydrogens (tertiary/aromatic N) is 2. The van der Waals surface area contributed by atoms with Crippen LogP contribution in [0.5, 0.6) is 0 Å². The van der Waals surface area contributed by atoms with E-state index in [9.17, 15) is 4.79 Å². The molecule has 5 nitrogen and oxygen atoms in total. The van der Waals surface area contributed by atoms with Crippen molar-refractivity contribution in [1.29, 1.82) is 0 Å². The van der Waals surface area contributed by atoms with Crippen LogP contribution >= 0.6 is 12.4 Å². The van der Waals surface area contributed by atoms with Gasteiger partial charge < -0.3 is 4.42 Å². The normalized spacial score (nSPS) is 15.8. The van der Waals surface area contributed by atoms with Crippen molar-refractivity contribution in [2.45, 2.75) is 19.3 Å². The molecule has 1 N–H and O–H groups in total. The Hall–Kier alpha value is -1.85. The van der Waals surface area contributed by atoms with E-state index in [0.717, 1.165) is 24.1 Å². The molecule has 2 aromatic rings. The maximum absolute atomic E-state index is 11.8. The maximum atomic E-state index is 11.8. The molecular weight excluding hydrogens is 302 g/mol. The Labute approximate surface area is 135 Å². The van der Waals surface area contributed by atoms with Crippen LogP contribution in [0.1, 0.15) is 25.0 Å². The molecule has 1 amide bonds. The van der Waals surface area contributed by atoms with Crippen molar-refractivity contribution in [2.24, 2.45) is 5.10 Å². The minimum absolute atomic E-state index is 0. The van der Waals surface area contributed by atoms with Gasteiger partial charge in [-0.1, -0.05) is 24.6 Å². The molecule has 22 heavy (non-hydrogen) atoms. The number of hydrogen-bond donors (Lipinski definition) is 1. The van der Waals surface area contributed by atoms with Crippen LogP contribution in [0, 0.1) is 0 Å². The van der Waals surface area contributed by atoms with Gasteiger partial charge in [-0.15, -0.1) is 12.4 Å². The van der Waals surface area contributed by atoms with E-state index in [1.165, 1.54) is 25.5 Å². The molecule has 0 atom stereocenters. The molecule has 118 valence electrons. The van der Waals surface area contributed by atoms with E-state index in [4.69, 9.17) is 4.42 Å². The van der Waals surface area contributed by atoms with Crippen molar-refractivity contribution >= 4 is 35.5 Å². The van der Waals surface area contributed by atoms with Gasteiger partial charge in [0.15, 0.2) is 0 Å². The standard InChI is InChI=1S/C16H19N3O2.ClH/c20-16(12-19-8-4-1-5-9-19)18-17-11-14-10-13-6-2-3-7-15(13)21-14;/h2-3,6-7,10-11H,1,4-5,8-9,12H2,(H,18,20);1H/b17-11+;. The van der Waals surface area contributed by atoms with Gasteiger partial charge in [0.05, 0.1) is 12.8 Å². The van der Waals surface area contributed by atoms with Gasteiger partial charge in [0.2, 0.25) is 0 Å². The van der Waals surface area contributed by atoms with E-state index in [1.807, 2.05) is 30.3 Å². The third-order valence-corrected chi connectivity index (χ3v) is 3.64. The number of carbonyl (C=O) groups is 1. The summed E-state index contributed by atoms with van der Waals surface area (Å²) in [5, 5.41) is 4.98. The van der Waals surface area contributed by atoms with Crippen LogP contribution in [0.4, 0.5) is 0 Å². The predicted molar refractivity (Wildman–Crippen MR) is 89.5 cm³/mol. The molecule has 0 bridgehead atoms. The largest absolute Gasteiger partial charge is 0.455 e. The third-order valence-electron chi connectivity index (χ3n) is 3.64. The Morgan fingerprint density at radius 3 is 2.82 bits per heavy atom. The molecule has 1 aromatic heterocycles. The quantitative estimate of drug-likeness (QED) is 0.696. The van der Waals surface area contributed by atoms with Crippen LogP contribution in [0.2, 0.25) is 0 Å². The van der Waals surface area contributed by atoms with Crippen molar-refractivity contribution in [3.8, 4) is 0 Å². The van der Waals surface area contributed by atoms with Crippen molar-refractivity contribution in [2.75, 3.05) is 19.6 Å². The van der Waals surface area contributed by atoms with E-state index < -0.39 is 0 Å². The number of nitrogens with one attached hydrogen (secondary N) is 1. The van der Waals surface area contributed by atoms with E-state index in [-0.39, 0.29) is 18.3 Å². The lowest BCUT2D eigenvalue weighted by molar-refractivity contribution is -0.122. The molecule has 0 radical (unpaired) electrons. The van der Waals surface area contributed by atoms with Crippen LogP contribution in [-0.4, -0.2) is 36.7 Å². The van der Waals surface area contributed by atoms with Gasteiger partial charge in [0.1, 0.15) is 11.3 Å². The predicted octanol–water partition coefficient (Wildman–Crippen LogP) is 2.79. The lowest BCUT2D eigenvalue weighted by Gasteiger charge is -2.25. The molecule has 1 aliphatic heterocycles. The summed E-state index contributed by atoms with van der Waals surface area (Å²) >= 11 is 0. The molecule has 0 aliphatic carbocycles. The van der Waals surface area contributed by atoms with Crippen LogP contribution in [0.3, 0.4) is 0 Å². The SMILES string of the molecule is Cl.O=C(CN1CCCCC1)N/N=C/c1cc2ccccc2o1. The van der Waals surface area contributed by atoms with Crippen LogP contribution in [0.15, 0.2) is 39.9 Å². The monoisotopic (exact) mass is 321 g/mol. The molecular formula is C16H20ClN3O2. The number of furan rings is 1. The molecule has 1 saturated heterocycles. The molecule has 0 saturated carbocycles. The number of piperidine rings is 1. The van der Waals surface area contributed by atoms with Crippen LogP contribution in [-0.2, 0) is 4.79 Å². The fraction of sp³-hybridized carbons (Fsp3) is 0.375. The number of fused-ring (bicyclic) bond motifs is 1. The zero-order valence-corrected chi connectivity index (χ0v) is 13.1. The van der Waals surface area contributed by atoms with Gasteiger partial charge in [-0.25, -0.2) is 5.43 Å². The summed E-state index contributed by atoms with van der Waals surface area (Å²) in [5.41, 5.74) is 3.37. The minimum Gasteiger partial charge on any atom is -0.455 e. The second-order valence-electron chi connectivity index (χ2n) is 5.32. The average molecular weight is 322 g/mol. The summed E-state index contributed by atoms with van der Waals surface area (Å²) in [4.78, 5) is 13.9. The number of benzene rings is 1. The van der Waals surface area contributed by atoms with Crippen molar-refractivity contribution in [1.82, 2.24) is 10.3 Å². The van der Waals surface area contributed by atoms with Crippen LogP contribution in [0.25, 0.3) is 11.0 Å². The maximum Gasteiger partial charge on any atom is 0.254 e. The van der Waals surface area contributed by atoms with Crippen molar-refractivity contribution in [3.63, 3.8) is 0 Å². The second kappa shape index (κ2) is 7.96. The van der Waals surface area contributed by atoms with Crippen LogP contribution < -0.4 is 5.43 Å². The zero-order valence-electron chi connectivity index (χ0n) is 12.3. The number of amides is 1. The molecule has 0 unspecified atom stereocenters. The van der Waals surface area contributed by atoms with Gasteiger partial charge in [-0.2, -0.15) is 5.10 Å². The molecule has 0 spiro atoms. The second-order valence-corrected chi connectivity index (χ2v) is 5.32. The Morgan fingerprint density at radius 1 is 1.27 bits per heavy atom. The van der Waals surface area contributed by atoms with Gasteiger partial charge in [-0.05, 0) is 38.1 Å². The highest BCUT2D eigenvalue weighted by atomic mass is 35.5. The van der Waals surface area contributed by atoms with E-state index in [0.29, 0.717) is 12.3 Å². The first-order valence-corrected chi connectivity index (χ1v) is 7.34. The van der Waals surface area contributed by atoms with Gasteiger partial charge in [-0.3, -0.25) is 9.69 Å². The zero-order chi connectivity index (χ0) is 14.5. The molecule has 6 heteroatoms. The highest BCUT2D eigenvalue weighted by Gasteiger charge is 2.13. The highest BCUT2D eigenvalue weighted by molar-refractivity contribution is 5.87. The summed E-state index contributed by atoms with van der Waals surface area (Å²) in [6, 6.07) is 9.66. The lowest BCUT2D eigenvalue weighted by Crippen LogP contribution is -2.38. The summed E-state index contributed by atoms with van der Waals surface area (Å²) < 4.78 is 5.59. The molecule has 2 heterocycles. The van der Waals surface area contributed by atoms with Gasteiger partial charge >= 0.3 is 0 Å². The summed E-state index contributed by atoms with van der Waals surface area (Å²) in [7, 11) is 0. The third kappa shape index (κ3) is 4.32. The Morgan fingerprint density at radius 2 is 2.05 bits per heavy atom. The Balaban J connectivity index is 0.00000176. The fourth-order valence-electron chi connectivity index (χ4n) is 2.59. The summed E-state index contributed by atoms with van der Waals surface area (Å²) in [5.74, 6) is 0.554. The Bertz CT molecular complexity index is 615. The Kier molecular flexibility index (Phi) is 5.98. The number of likely N-dealkylation sites (tertiary alicyclic amines) is 1. The number of rotatable bonds is 4. The number of carbonyl (C=O) groups excluding carboxylic acids is 1. The first-order valence-electron chi connectivity index (χ1n) is 7.34. The van der Waals surface area contributed by atoms with Crippen molar-refractivity contribution < 1.29 is 9.21 Å². The number of hydrazone groups is 1. The molecule has 1 aromatic carbocycles. The topological polar surface area (TPSA) is 57.8 Å². The van der Waals surface area contributed by atoms with Gasteiger partial charge in [0.25, 0.3) is 5.91 Å². The van der Waals surface area contributed by atoms with E-state index in [1.54, 1.807) is 0 Å². The first-order chi connectivity index (χ1) is 10.3. The van der Waals surface area contributed by atoms with Crippen molar-refractivity contribution in [3.05, 3.63) is 36.1 Å². The fourth-order valence-corrected chi connectivity index (χ4v) is 2.59.